The molecule has 3 N–H and O–H groups in total. The van der Waals surface area contributed by atoms with E-state index in [4.69, 9.17) is 0 Å². The van der Waals surface area contributed by atoms with Crippen LogP contribution in [0.2, 0.25) is 0 Å². The molecule has 0 fully saturated rings. The first-order valence-corrected chi connectivity index (χ1v) is 0. The zero-order valence-electron chi connectivity index (χ0n) is 2.85. The van der Waals surface area contributed by atoms with Crippen LogP contribution in [-0.4, -0.2) is 81.9 Å². The molecule has 0 aliphatic rings. The molecule has 0 aromatic carbocycles. The van der Waals surface area contributed by atoms with Crippen molar-refractivity contribution in [3.05, 3.63) is 0 Å². The van der Waals surface area contributed by atoms with Gasteiger partial charge in [-0.3, -0.25) is 0 Å². The van der Waals surface area contributed by atoms with Gasteiger partial charge in [0.15, 0.2) is 0 Å². The zero-order valence-corrected chi connectivity index (χ0v) is 19.2. The molecule has 0 saturated heterocycles. The first-order valence-electron chi connectivity index (χ1n) is 0. The molecule has 0 rings (SSSR count). The molecular weight excluding hydrogens is 811 g/mol. The third kappa shape index (κ3) is 18.6. The van der Waals surface area contributed by atoms with Crippen LogP contribution in [-0.2, 0) is 21.1 Å². The molecule has 23 valence electrons. The fourth-order valence-electron chi connectivity index (χ4n) is 0. The Kier molecular flexibility index (Phi) is 208. The van der Waals surface area contributed by atoms with Crippen molar-refractivity contribution in [1.29, 1.82) is 0 Å². The predicted octanol–water partition coefficient (Wildman–Crippen LogP) is -0.983. The van der Waals surface area contributed by atoms with Crippen molar-refractivity contribution in [1.82, 2.24) is 6.15 Å². The fourth-order valence-corrected chi connectivity index (χ4v) is 0. The van der Waals surface area contributed by atoms with E-state index < -0.39 is 0 Å². The minimum atomic E-state index is 0. The molecule has 0 spiro atoms. The minimum Gasteiger partial charge on any atom is -0.344 e. The van der Waals surface area contributed by atoms with E-state index in [1.54, 1.807) is 0 Å². The molecule has 1 nitrogen and oxygen atoms in total. The van der Waals surface area contributed by atoms with E-state index in [2.05, 4.69) is 0 Å². The molecule has 0 unspecified atom stereocenters. The second-order valence-electron chi connectivity index (χ2n) is 0. The number of hydrogen-bond acceptors (Lipinski definition) is 1. The second-order valence-corrected chi connectivity index (χ2v) is 0. The van der Waals surface area contributed by atoms with Gasteiger partial charge in [-0.2, -0.15) is 0 Å². The molecule has 0 aromatic heterocycles. The summed E-state index contributed by atoms with van der Waals surface area (Å²) in [6.07, 6.45) is 0. The van der Waals surface area contributed by atoms with Crippen molar-refractivity contribution in [3.8, 4) is 0 Å². The van der Waals surface area contributed by atoms with Crippen LogP contribution in [0.3, 0.4) is 0 Å². The van der Waals surface area contributed by atoms with Gasteiger partial charge in [-0.05, 0) is 0 Å². The van der Waals surface area contributed by atoms with Gasteiger partial charge in [-0.15, -0.1) is 0 Å². The average molecular weight is 814 g/mol. The van der Waals surface area contributed by atoms with Gasteiger partial charge in [0.25, 0.3) is 0 Å². The van der Waals surface area contributed by atoms with E-state index in [-0.39, 0.29) is 109 Å². The van der Waals surface area contributed by atoms with Crippen LogP contribution in [0.5, 0.6) is 0 Å². The summed E-state index contributed by atoms with van der Waals surface area (Å²) in [5.41, 5.74) is 0. The van der Waals surface area contributed by atoms with Crippen molar-refractivity contribution in [2.45, 2.75) is 0 Å². The van der Waals surface area contributed by atoms with Crippen LogP contribution in [0, 0.1) is 0 Å². The van der Waals surface area contributed by atoms with Gasteiger partial charge < -0.3 is 6.15 Å². The van der Waals surface area contributed by atoms with Crippen molar-refractivity contribution in [2.24, 2.45) is 0 Å². The van der Waals surface area contributed by atoms with Gasteiger partial charge in [-0.1, -0.05) is 0 Å². The maximum atomic E-state index is 0. The Balaban J connectivity index is 0. The molecule has 5 heavy (non-hydrogen) atoms. The second kappa shape index (κ2) is 26.2. The van der Waals surface area contributed by atoms with E-state index in [1.807, 2.05) is 0 Å². The maximum absolute atomic E-state index is 0. The maximum Gasteiger partial charge on any atom is 0 e. The van der Waals surface area contributed by atoms with Gasteiger partial charge in [0.1, 0.15) is 0 Å². The van der Waals surface area contributed by atoms with Gasteiger partial charge in [-0.25, -0.2) is 0 Å². The summed E-state index contributed by atoms with van der Waals surface area (Å²) in [5, 5.41) is 0. The zero-order chi connectivity index (χ0) is 0. The number of rotatable bonds is 0. The Morgan fingerprint density at radius 3 is 0.600 bits per heavy atom. The van der Waals surface area contributed by atoms with E-state index in [1.165, 1.54) is 0 Å². The minimum absolute atomic E-state index is 0. The Morgan fingerprint density at radius 1 is 0.600 bits per heavy atom. The third-order valence-electron chi connectivity index (χ3n) is 0. The van der Waals surface area contributed by atoms with Gasteiger partial charge in [0, 0.05) is 103 Å². The Morgan fingerprint density at radius 2 is 0.600 bits per heavy atom. The smallest absolute Gasteiger partial charge is 0 e. The molecule has 0 saturated carbocycles. The first kappa shape index (κ1) is 39.7. The van der Waals surface area contributed by atoms with Gasteiger partial charge >= 0.3 is 0 Å². The summed E-state index contributed by atoms with van der Waals surface area (Å²) in [6, 6.07) is 0. The molecule has 0 heterocycles. The molecule has 0 amide bonds. The van der Waals surface area contributed by atoms with Crippen molar-refractivity contribution < 1.29 is 21.1 Å². The van der Waals surface area contributed by atoms with E-state index in [9.17, 15) is 0 Å². The molecule has 0 aromatic rings. The Hall–Kier alpha value is 3.41. The summed E-state index contributed by atoms with van der Waals surface area (Å²) >= 11 is 0. The molecule has 0 bridgehead atoms. The van der Waals surface area contributed by atoms with Gasteiger partial charge in [0.2, 0.25) is 0 Å². The van der Waals surface area contributed by atoms with Crippen molar-refractivity contribution >= 4 is 81.9 Å². The fraction of sp³-hybridized carbons (Fsp3) is 0. The molecule has 0 atom stereocenters. The summed E-state index contributed by atoms with van der Waals surface area (Å²) in [6.45, 7) is 0. The molecule has 0 aliphatic heterocycles. The summed E-state index contributed by atoms with van der Waals surface area (Å²) in [7, 11) is 0. The molecular formula is H3NTl3W. The number of hydrogen-bond donors (Lipinski definition) is 1. The van der Waals surface area contributed by atoms with Crippen molar-refractivity contribution in [2.75, 3.05) is 0 Å². The SMILES string of the molecule is N.[Tl].[Tl].[Tl].[W]. The monoisotopic (exact) mass is 816 g/mol. The Bertz CT molecular complexity index is 6.85. The largest absolute Gasteiger partial charge is 0.344 e. The third-order valence-corrected chi connectivity index (χ3v) is 0. The summed E-state index contributed by atoms with van der Waals surface area (Å²) in [5.74, 6) is 0. The standard InChI is InChI=1S/H3N.3Tl.W/h1H3;;;;. The van der Waals surface area contributed by atoms with Gasteiger partial charge in [0.05, 0.1) is 0 Å². The summed E-state index contributed by atoms with van der Waals surface area (Å²) in [4.78, 5) is 0. The molecule has 5 heteroatoms. The quantitative estimate of drug-likeness (QED) is 0.314. The van der Waals surface area contributed by atoms with E-state index in [0.717, 1.165) is 0 Å². The average Bonchev–Trinajstić information content (AvgIpc) is 0. The van der Waals surface area contributed by atoms with Crippen molar-refractivity contribution in [3.63, 3.8) is 0 Å². The predicted molar refractivity (Wildman–Crippen MR) is 22.3 cm³/mol. The van der Waals surface area contributed by atoms with E-state index in [0.29, 0.717) is 0 Å². The molecule has 3 radical (unpaired) electrons. The molecule has 0 aliphatic carbocycles. The Labute approximate surface area is 107 Å². The van der Waals surface area contributed by atoms with E-state index >= 15 is 0 Å². The van der Waals surface area contributed by atoms with Crippen LogP contribution in [0.15, 0.2) is 0 Å². The van der Waals surface area contributed by atoms with Crippen LogP contribution in [0.1, 0.15) is 0 Å². The normalized spacial score (nSPS) is 0. The van der Waals surface area contributed by atoms with Crippen LogP contribution in [0.25, 0.3) is 0 Å². The van der Waals surface area contributed by atoms with Crippen LogP contribution >= 0.6 is 0 Å². The summed E-state index contributed by atoms with van der Waals surface area (Å²) < 4.78 is 0. The topological polar surface area (TPSA) is 35.0 Å². The van der Waals surface area contributed by atoms with Crippen LogP contribution < -0.4 is 6.15 Å². The van der Waals surface area contributed by atoms with Crippen LogP contribution in [0.4, 0.5) is 0 Å². The first-order chi connectivity index (χ1) is 0.